The van der Waals surface area contributed by atoms with Gasteiger partial charge in [-0.3, -0.25) is 4.90 Å². The highest BCUT2D eigenvalue weighted by Gasteiger charge is 2.18. The van der Waals surface area contributed by atoms with Crippen LogP contribution in [0.15, 0.2) is 42.5 Å². The number of hydrogen-bond acceptors (Lipinski definition) is 3. The van der Waals surface area contributed by atoms with Crippen molar-refractivity contribution in [2.75, 3.05) is 26.2 Å². The minimum absolute atomic E-state index is 0.348. The number of fused-ring (bicyclic) bond motifs is 1. The molecule has 0 aliphatic carbocycles. The summed E-state index contributed by atoms with van der Waals surface area (Å²) in [5, 5.41) is 2.48. The second-order valence-corrected chi connectivity index (χ2v) is 5.21. The maximum Gasteiger partial charge on any atom is 0.120 e. The summed E-state index contributed by atoms with van der Waals surface area (Å²) >= 11 is 0. The molecule has 3 nitrogen and oxygen atoms in total. The molecule has 0 aromatic heterocycles. The summed E-state index contributed by atoms with van der Waals surface area (Å²) < 4.78 is 5.83. The standard InChI is InChI=1S/C16H20N2O/c17-15-7-8-18(12-15)9-10-19-16-6-5-13-3-1-2-4-14(13)11-16/h1-6,11,15H,7-10,12,17H2/t15-/m1/s1. The van der Waals surface area contributed by atoms with Gasteiger partial charge in [-0.1, -0.05) is 30.3 Å². The van der Waals surface area contributed by atoms with Crippen LogP contribution in [-0.4, -0.2) is 37.2 Å². The summed E-state index contributed by atoms with van der Waals surface area (Å²) in [5.74, 6) is 0.946. The Balaban J connectivity index is 1.56. The first-order valence-corrected chi connectivity index (χ1v) is 6.91. The van der Waals surface area contributed by atoms with Crippen LogP contribution in [0.2, 0.25) is 0 Å². The lowest BCUT2D eigenvalue weighted by Crippen LogP contribution is -2.29. The van der Waals surface area contributed by atoms with E-state index < -0.39 is 0 Å². The molecule has 2 N–H and O–H groups in total. The van der Waals surface area contributed by atoms with Gasteiger partial charge in [0.1, 0.15) is 12.4 Å². The molecule has 0 unspecified atom stereocenters. The Hall–Kier alpha value is -1.58. The molecule has 1 aliphatic heterocycles. The predicted octanol–water partition coefficient (Wildman–Crippen LogP) is 2.25. The van der Waals surface area contributed by atoms with Gasteiger partial charge >= 0.3 is 0 Å². The van der Waals surface area contributed by atoms with E-state index in [0.717, 1.165) is 38.4 Å². The van der Waals surface area contributed by atoms with E-state index >= 15 is 0 Å². The number of nitrogens with two attached hydrogens (primary N) is 1. The topological polar surface area (TPSA) is 38.5 Å². The van der Waals surface area contributed by atoms with E-state index in [1.165, 1.54) is 10.8 Å². The van der Waals surface area contributed by atoms with Gasteiger partial charge in [0.15, 0.2) is 0 Å². The van der Waals surface area contributed by atoms with Crippen LogP contribution >= 0.6 is 0 Å². The molecule has 0 amide bonds. The average Bonchev–Trinajstić information content (AvgIpc) is 2.84. The van der Waals surface area contributed by atoms with E-state index in [2.05, 4.69) is 41.3 Å². The van der Waals surface area contributed by atoms with Crippen LogP contribution in [0.3, 0.4) is 0 Å². The molecule has 0 saturated carbocycles. The Bertz CT molecular complexity index is 555. The minimum atomic E-state index is 0.348. The molecule has 2 aromatic rings. The molecular weight excluding hydrogens is 236 g/mol. The second-order valence-electron chi connectivity index (χ2n) is 5.21. The monoisotopic (exact) mass is 256 g/mol. The van der Waals surface area contributed by atoms with Crippen LogP contribution in [0.4, 0.5) is 0 Å². The van der Waals surface area contributed by atoms with Crippen LogP contribution in [0.1, 0.15) is 6.42 Å². The van der Waals surface area contributed by atoms with Crippen molar-refractivity contribution >= 4 is 10.8 Å². The molecule has 2 aromatic carbocycles. The molecule has 19 heavy (non-hydrogen) atoms. The Morgan fingerprint density at radius 1 is 1.16 bits per heavy atom. The van der Waals surface area contributed by atoms with Crippen molar-refractivity contribution in [2.45, 2.75) is 12.5 Å². The summed E-state index contributed by atoms with van der Waals surface area (Å²) in [6.45, 7) is 3.79. The lowest BCUT2D eigenvalue weighted by Gasteiger charge is -2.15. The van der Waals surface area contributed by atoms with Gasteiger partial charge < -0.3 is 10.5 Å². The Kier molecular flexibility index (Phi) is 3.67. The maximum atomic E-state index is 5.89. The van der Waals surface area contributed by atoms with Crippen molar-refractivity contribution < 1.29 is 4.74 Å². The van der Waals surface area contributed by atoms with E-state index in [0.29, 0.717) is 6.04 Å². The highest BCUT2D eigenvalue weighted by molar-refractivity contribution is 5.83. The molecule has 3 rings (SSSR count). The largest absolute Gasteiger partial charge is 0.492 e. The van der Waals surface area contributed by atoms with Gasteiger partial charge in [-0.2, -0.15) is 0 Å². The van der Waals surface area contributed by atoms with Crippen LogP contribution in [0.5, 0.6) is 5.75 Å². The first kappa shape index (κ1) is 12.5. The zero-order valence-electron chi connectivity index (χ0n) is 11.1. The van der Waals surface area contributed by atoms with E-state index in [1.807, 2.05) is 6.07 Å². The van der Waals surface area contributed by atoms with E-state index in [9.17, 15) is 0 Å². The number of rotatable bonds is 4. The second kappa shape index (κ2) is 5.59. The van der Waals surface area contributed by atoms with Gasteiger partial charge in [0.05, 0.1) is 0 Å². The zero-order valence-corrected chi connectivity index (χ0v) is 11.1. The maximum absolute atomic E-state index is 5.89. The molecule has 0 bridgehead atoms. The third-order valence-corrected chi connectivity index (χ3v) is 3.71. The molecule has 1 fully saturated rings. The van der Waals surface area contributed by atoms with E-state index in [4.69, 9.17) is 10.5 Å². The fraction of sp³-hybridized carbons (Fsp3) is 0.375. The molecule has 100 valence electrons. The third kappa shape index (κ3) is 3.06. The quantitative estimate of drug-likeness (QED) is 0.912. The van der Waals surface area contributed by atoms with Crippen LogP contribution in [-0.2, 0) is 0 Å². The minimum Gasteiger partial charge on any atom is -0.492 e. The fourth-order valence-corrected chi connectivity index (χ4v) is 2.62. The molecule has 3 heteroatoms. The predicted molar refractivity (Wildman–Crippen MR) is 78.5 cm³/mol. The van der Waals surface area contributed by atoms with Gasteiger partial charge in [-0.25, -0.2) is 0 Å². The lowest BCUT2D eigenvalue weighted by atomic mass is 10.1. The molecule has 1 aliphatic rings. The van der Waals surface area contributed by atoms with Crippen LogP contribution in [0, 0.1) is 0 Å². The van der Waals surface area contributed by atoms with Gasteiger partial charge in [-0.05, 0) is 35.9 Å². The fourth-order valence-electron chi connectivity index (χ4n) is 2.62. The molecule has 1 saturated heterocycles. The van der Waals surface area contributed by atoms with Crippen molar-refractivity contribution in [1.82, 2.24) is 4.90 Å². The third-order valence-electron chi connectivity index (χ3n) is 3.71. The van der Waals surface area contributed by atoms with Crippen LogP contribution < -0.4 is 10.5 Å². The number of benzene rings is 2. The SMILES string of the molecule is N[C@@H]1CCN(CCOc2ccc3ccccc3c2)C1. The number of nitrogens with zero attached hydrogens (tertiary/aromatic N) is 1. The van der Waals surface area contributed by atoms with E-state index in [1.54, 1.807) is 0 Å². The van der Waals surface area contributed by atoms with Crippen molar-refractivity contribution in [3.8, 4) is 5.75 Å². The Morgan fingerprint density at radius 3 is 2.79 bits per heavy atom. The summed E-state index contributed by atoms with van der Waals surface area (Å²) in [7, 11) is 0. The smallest absolute Gasteiger partial charge is 0.120 e. The number of ether oxygens (including phenoxy) is 1. The number of hydrogen-bond donors (Lipinski definition) is 1. The first-order chi connectivity index (χ1) is 9.31. The summed E-state index contributed by atoms with van der Waals surface area (Å²) in [6, 6.07) is 14.9. The van der Waals surface area contributed by atoms with E-state index in [-0.39, 0.29) is 0 Å². The van der Waals surface area contributed by atoms with Gasteiger partial charge in [0.2, 0.25) is 0 Å². The van der Waals surface area contributed by atoms with Crippen molar-refractivity contribution in [3.05, 3.63) is 42.5 Å². The molecule has 0 radical (unpaired) electrons. The van der Waals surface area contributed by atoms with Crippen LogP contribution in [0.25, 0.3) is 10.8 Å². The highest BCUT2D eigenvalue weighted by atomic mass is 16.5. The number of likely N-dealkylation sites (tertiary alicyclic amines) is 1. The molecule has 0 spiro atoms. The highest BCUT2D eigenvalue weighted by Crippen LogP contribution is 2.20. The summed E-state index contributed by atoms with van der Waals surface area (Å²) in [5.41, 5.74) is 5.89. The van der Waals surface area contributed by atoms with Gasteiger partial charge in [0.25, 0.3) is 0 Å². The molecule has 1 heterocycles. The Morgan fingerprint density at radius 2 is 2.00 bits per heavy atom. The summed E-state index contributed by atoms with van der Waals surface area (Å²) in [6.07, 6.45) is 1.11. The van der Waals surface area contributed by atoms with Gasteiger partial charge in [0, 0.05) is 19.1 Å². The zero-order chi connectivity index (χ0) is 13.1. The normalized spacial score (nSPS) is 19.9. The molecular formula is C16H20N2O. The van der Waals surface area contributed by atoms with Crippen molar-refractivity contribution in [1.29, 1.82) is 0 Å². The van der Waals surface area contributed by atoms with Crippen molar-refractivity contribution in [3.63, 3.8) is 0 Å². The van der Waals surface area contributed by atoms with Crippen molar-refractivity contribution in [2.24, 2.45) is 5.73 Å². The lowest BCUT2D eigenvalue weighted by molar-refractivity contribution is 0.236. The average molecular weight is 256 g/mol. The summed E-state index contributed by atoms with van der Waals surface area (Å²) in [4.78, 5) is 2.37. The Labute approximate surface area is 114 Å². The van der Waals surface area contributed by atoms with Gasteiger partial charge in [-0.15, -0.1) is 0 Å². The first-order valence-electron chi connectivity index (χ1n) is 6.91. The molecule has 1 atom stereocenters.